The van der Waals surface area contributed by atoms with Gasteiger partial charge in [-0.1, -0.05) is 51.8 Å². The van der Waals surface area contributed by atoms with E-state index in [1.165, 1.54) is 5.19 Å². The number of carbonyl (C=O) groups is 1. The number of aliphatic hydroxyl groups is 1. The largest absolute Gasteiger partial charge is 0.458 e. The number of aromatic nitrogens is 2. The monoisotopic (exact) mass is 446 g/mol. The third kappa shape index (κ3) is 2.98. The molecular formula is C25H26N2O4Si. The predicted molar refractivity (Wildman–Crippen MR) is 124 cm³/mol. The number of ether oxygens (including phenoxy) is 1. The van der Waals surface area contributed by atoms with Gasteiger partial charge in [0.15, 0.2) is 5.60 Å². The molecule has 2 aliphatic rings. The molecule has 6 nitrogen and oxygen atoms in total. The summed E-state index contributed by atoms with van der Waals surface area (Å²) in [7, 11) is 0.675. The first-order chi connectivity index (χ1) is 15.4. The molecule has 0 aliphatic carbocycles. The molecule has 1 aromatic carbocycles. The van der Waals surface area contributed by atoms with Crippen LogP contribution in [-0.4, -0.2) is 30.1 Å². The van der Waals surface area contributed by atoms with E-state index in [0.717, 1.165) is 35.0 Å². The maximum Gasteiger partial charge on any atom is 0.343 e. The molecule has 4 heterocycles. The molecule has 1 N–H and O–H groups in total. The van der Waals surface area contributed by atoms with Gasteiger partial charge in [0.1, 0.15) is 6.61 Å². The number of para-hydroxylation sites is 1. The molecule has 5 rings (SSSR count). The summed E-state index contributed by atoms with van der Waals surface area (Å²) in [6.45, 7) is 6.48. The lowest BCUT2D eigenvalue weighted by Gasteiger charge is -2.31. The maximum absolute atomic E-state index is 13.3. The first kappa shape index (κ1) is 21.1. The molecule has 2 radical (unpaired) electrons. The number of esters is 1. The summed E-state index contributed by atoms with van der Waals surface area (Å²) in [4.78, 5) is 30.7. The van der Waals surface area contributed by atoms with Crippen LogP contribution >= 0.6 is 0 Å². The quantitative estimate of drug-likeness (QED) is 0.376. The van der Waals surface area contributed by atoms with Gasteiger partial charge in [0.2, 0.25) is 0 Å². The first-order valence-electron chi connectivity index (χ1n) is 11.3. The zero-order valence-corrected chi connectivity index (χ0v) is 19.6. The van der Waals surface area contributed by atoms with E-state index in [-0.39, 0.29) is 18.6 Å². The van der Waals surface area contributed by atoms with E-state index >= 15 is 0 Å². The van der Waals surface area contributed by atoms with Crippen LogP contribution in [0.25, 0.3) is 22.3 Å². The standard InChI is InChI=1S/C25H26N2O4Si/c1-4-16(5-2)32-20-9-7-8-14-10-15-12-27-19(21(15)26-22(14)20)11-18-17(23(27)28)13-31-24(29)25(18,30)6-3/h7-11,16,30H,4-6,12-13H2,1-3H3/t25-/m0/s1. The number of rotatable bonds is 5. The highest BCUT2D eigenvalue weighted by molar-refractivity contribution is 6.58. The van der Waals surface area contributed by atoms with Gasteiger partial charge in [-0.25, -0.2) is 9.78 Å². The van der Waals surface area contributed by atoms with Crippen molar-refractivity contribution in [2.75, 3.05) is 0 Å². The molecule has 1 atom stereocenters. The van der Waals surface area contributed by atoms with Gasteiger partial charge >= 0.3 is 5.97 Å². The van der Waals surface area contributed by atoms with Crippen LogP contribution in [0.3, 0.4) is 0 Å². The SMILES string of the molecule is CCC(CC)[Si]c1cccc2cc3c(nc12)-c1cc2c(c(=O)n1C3)COC(=O)[C@]2(O)CC. The third-order valence-electron chi connectivity index (χ3n) is 6.88. The fraction of sp³-hybridized carbons (Fsp3) is 0.400. The molecule has 32 heavy (non-hydrogen) atoms. The summed E-state index contributed by atoms with van der Waals surface area (Å²) in [5.74, 6) is -0.699. The minimum atomic E-state index is -1.80. The van der Waals surface area contributed by atoms with Crippen molar-refractivity contribution in [3.8, 4) is 11.4 Å². The van der Waals surface area contributed by atoms with Crippen molar-refractivity contribution in [2.45, 2.75) is 64.3 Å². The lowest BCUT2D eigenvalue weighted by Crippen LogP contribution is -2.44. The van der Waals surface area contributed by atoms with Crippen LogP contribution in [0.1, 0.15) is 56.7 Å². The molecular weight excluding hydrogens is 420 g/mol. The summed E-state index contributed by atoms with van der Waals surface area (Å²) >= 11 is 0. The molecule has 0 fully saturated rings. The van der Waals surface area contributed by atoms with Crippen LogP contribution in [0.4, 0.5) is 0 Å². The van der Waals surface area contributed by atoms with Crippen LogP contribution in [0, 0.1) is 0 Å². The number of benzene rings is 1. The second-order valence-electron chi connectivity index (χ2n) is 8.63. The van der Waals surface area contributed by atoms with Gasteiger partial charge in [-0.05, 0) is 29.3 Å². The molecule has 2 aromatic heterocycles. The smallest absolute Gasteiger partial charge is 0.343 e. The number of pyridine rings is 2. The van der Waals surface area contributed by atoms with Gasteiger partial charge in [0.25, 0.3) is 5.56 Å². The molecule has 7 heteroatoms. The number of fused-ring (bicyclic) bond motifs is 5. The highest BCUT2D eigenvalue weighted by Crippen LogP contribution is 2.38. The third-order valence-corrected chi connectivity index (χ3v) is 8.82. The van der Waals surface area contributed by atoms with Gasteiger partial charge in [-0.3, -0.25) is 4.79 Å². The first-order valence-corrected chi connectivity index (χ1v) is 12.3. The Hall–Kier alpha value is -2.77. The van der Waals surface area contributed by atoms with E-state index in [4.69, 9.17) is 9.72 Å². The van der Waals surface area contributed by atoms with Gasteiger partial charge in [-0.15, -0.1) is 0 Å². The Morgan fingerprint density at radius 1 is 1.22 bits per heavy atom. The van der Waals surface area contributed by atoms with Gasteiger partial charge in [0, 0.05) is 16.5 Å². The Kier molecular flexibility index (Phi) is 5.06. The molecule has 0 saturated carbocycles. The summed E-state index contributed by atoms with van der Waals surface area (Å²) in [5.41, 5.74) is 2.68. The van der Waals surface area contributed by atoms with E-state index in [0.29, 0.717) is 38.4 Å². The molecule has 0 spiro atoms. The average molecular weight is 447 g/mol. The number of cyclic esters (lactones) is 1. The van der Waals surface area contributed by atoms with E-state index in [1.54, 1.807) is 17.6 Å². The van der Waals surface area contributed by atoms with Crippen LogP contribution in [0.15, 0.2) is 35.1 Å². The van der Waals surface area contributed by atoms with E-state index < -0.39 is 11.6 Å². The summed E-state index contributed by atoms with van der Waals surface area (Å²) < 4.78 is 6.84. The van der Waals surface area contributed by atoms with Crippen LogP contribution in [0.5, 0.6) is 0 Å². The fourth-order valence-electron chi connectivity index (χ4n) is 4.84. The molecule has 2 aliphatic heterocycles. The summed E-state index contributed by atoms with van der Waals surface area (Å²) in [5, 5.41) is 13.4. The summed E-state index contributed by atoms with van der Waals surface area (Å²) in [6.07, 6.45) is 2.40. The second kappa shape index (κ2) is 7.67. The highest BCUT2D eigenvalue weighted by Gasteiger charge is 2.45. The molecule has 0 unspecified atom stereocenters. The van der Waals surface area contributed by atoms with E-state index in [1.807, 2.05) is 0 Å². The van der Waals surface area contributed by atoms with Gasteiger partial charge in [0.05, 0.1) is 38.5 Å². The van der Waals surface area contributed by atoms with Gasteiger partial charge in [-0.2, -0.15) is 0 Å². The Morgan fingerprint density at radius 2 is 2.00 bits per heavy atom. The Balaban J connectivity index is 1.71. The van der Waals surface area contributed by atoms with Crippen molar-refractivity contribution in [1.82, 2.24) is 9.55 Å². The van der Waals surface area contributed by atoms with Crippen molar-refractivity contribution in [2.24, 2.45) is 0 Å². The van der Waals surface area contributed by atoms with Crippen molar-refractivity contribution in [3.63, 3.8) is 0 Å². The van der Waals surface area contributed by atoms with Crippen LogP contribution < -0.4 is 10.7 Å². The Labute approximate surface area is 189 Å². The topological polar surface area (TPSA) is 81.4 Å². The predicted octanol–water partition coefficient (Wildman–Crippen LogP) is 3.02. The number of nitrogens with zero attached hydrogens (tertiary/aromatic N) is 2. The second-order valence-corrected chi connectivity index (χ2v) is 10.3. The molecule has 164 valence electrons. The van der Waals surface area contributed by atoms with Crippen LogP contribution in [-0.2, 0) is 28.3 Å². The average Bonchev–Trinajstić information content (AvgIpc) is 3.17. The van der Waals surface area contributed by atoms with Crippen molar-refractivity contribution in [3.05, 3.63) is 57.4 Å². The van der Waals surface area contributed by atoms with E-state index in [2.05, 4.69) is 38.1 Å². The van der Waals surface area contributed by atoms with Crippen molar-refractivity contribution < 1.29 is 14.6 Å². The zero-order chi connectivity index (χ0) is 22.6. The molecule has 0 bridgehead atoms. The highest BCUT2D eigenvalue weighted by atomic mass is 28.2. The van der Waals surface area contributed by atoms with Crippen LogP contribution in [0.2, 0.25) is 5.54 Å². The normalized spacial score (nSPS) is 19.1. The van der Waals surface area contributed by atoms with Gasteiger partial charge < -0.3 is 14.4 Å². The summed E-state index contributed by atoms with van der Waals surface area (Å²) in [6, 6.07) is 10.2. The fourth-order valence-corrected chi connectivity index (χ4v) is 6.21. The van der Waals surface area contributed by atoms with Crippen molar-refractivity contribution in [1.29, 1.82) is 0 Å². The molecule has 3 aromatic rings. The minimum absolute atomic E-state index is 0.109. The number of hydrogen-bond acceptors (Lipinski definition) is 5. The maximum atomic E-state index is 13.3. The number of carbonyl (C=O) groups excluding carboxylic acids is 1. The molecule has 0 amide bonds. The zero-order valence-electron chi connectivity index (χ0n) is 18.6. The number of hydrogen-bond donors (Lipinski definition) is 1. The Bertz CT molecular complexity index is 1310. The van der Waals surface area contributed by atoms with E-state index in [9.17, 15) is 14.7 Å². The lowest BCUT2D eigenvalue weighted by atomic mass is 9.86. The van der Waals surface area contributed by atoms with Crippen molar-refractivity contribution >= 4 is 31.6 Å². The molecule has 0 saturated heterocycles. The Morgan fingerprint density at radius 3 is 2.72 bits per heavy atom. The lowest BCUT2D eigenvalue weighted by molar-refractivity contribution is -0.172. The minimum Gasteiger partial charge on any atom is -0.458 e.